The van der Waals surface area contributed by atoms with E-state index >= 15 is 0 Å². The van der Waals surface area contributed by atoms with Crippen LogP contribution in [0.4, 0.5) is 0 Å². The minimum Gasteiger partial charge on any atom is -0.140 e. The Hall–Kier alpha value is -4.84. The van der Waals surface area contributed by atoms with Gasteiger partial charge in [0, 0.05) is 60.9 Å². The number of rotatable bonds is 8. The van der Waals surface area contributed by atoms with E-state index in [-0.39, 0.29) is 0 Å². The van der Waals surface area contributed by atoms with Gasteiger partial charge in [-0.05, 0) is 136 Å². The lowest BCUT2D eigenvalue weighted by atomic mass is 9.85. The number of fused-ring (bicyclic) bond motifs is 2. The summed E-state index contributed by atoms with van der Waals surface area (Å²) in [5.74, 6) is 0. The summed E-state index contributed by atoms with van der Waals surface area (Å²) in [6.07, 6.45) is 11.1. The van der Waals surface area contributed by atoms with Gasteiger partial charge in [-0.3, -0.25) is 0 Å². The van der Waals surface area contributed by atoms with Crippen LogP contribution in [-0.2, 0) is 6.42 Å². The molecule has 10 rings (SSSR count). The maximum atomic E-state index is 2.50. The monoisotopic (exact) mass is 766 g/mol. The van der Waals surface area contributed by atoms with Gasteiger partial charge >= 0.3 is 0 Å². The topological polar surface area (TPSA) is 0 Å². The minimum atomic E-state index is 1.02. The van der Waals surface area contributed by atoms with Crippen molar-refractivity contribution in [2.75, 3.05) is 0 Å². The molecule has 4 heteroatoms. The zero-order valence-electron chi connectivity index (χ0n) is 30.7. The lowest BCUT2D eigenvalue weighted by Crippen LogP contribution is -1.92. The van der Waals surface area contributed by atoms with Gasteiger partial charge in [-0.1, -0.05) is 92.7 Å². The molecule has 0 aliphatic rings. The Morgan fingerprint density at radius 2 is 1.02 bits per heavy atom. The highest BCUT2D eigenvalue weighted by atomic mass is 32.1. The highest BCUT2D eigenvalue weighted by Gasteiger charge is 2.23. The summed E-state index contributed by atoms with van der Waals surface area (Å²) in [6.45, 7) is 8.88. The van der Waals surface area contributed by atoms with Gasteiger partial charge in [-0.2, -0.15) is 0 Å². The Balaban J connectivity index is 1.35. The first-order valence-electron chi connectivity index (χ1n) is 18.8. The van der Waals surface area contributed by atoms with Crippen molar-refractivity contribution >= 4 is 110 Å². The molecule has 0 atom stereocenters. The smallest absolute Gasteiger partial charge is 0.0361 e. The number of thiophene rings is 4. The lowest BCUT2D eigenvalue weighted by molar-refractivity contribution is 1.15. The molecule has 0 amide bonds. The molecule has 0 bridgehead atoms. The second-order valence-corrected chi connectivity index (χ2v) is 18.6. The van der Waals surface area contributed by atoms with Crippen LogP contribution >= 0.6 is 45.3 Å². The summed E-state index contributed by atoms with van der Waals surface area (Å²) in [5.41, 5.74) is 8.02. The molecular weight excluding hydrogens is 729 g/mol. The standard InChI is InChI=1S/C50H38S4/c1-5-8-14-31-24-45(51-29(31)4)38-27-39(46-23-30(7-3)42(52-46)13-6-2)35-21-22-37-41(48-26-33-16-10-12-18-44(33)54-48)28-40(36-20-19-34(38)49(35)50(36)37)47-25-32-15-9-11-17-43(32)53-47/h6,8-28H,5,7H2,1-4H3/b13-6-,14-8-. The van der Waals surface area contributed by atoms with Crippen molar-refractivity contribution in [1.29, 1.82) is 0 Å². The van der Waals surface area contributed by atoms with Crippen LogP contribution in [0.1, 0.15) is 48.1 Å². The summed E-state index contributed by atoms with van der Waals surface area (Å²) in [4.78, 5) is 8.03. The molecule has 262 valence electrons. The van der Waals surface area contributed by atoms with E-state index in [0.29, 0.717) is 0 Å². The normalized spacial score (nSPS) is 12.4. The van der Waals surface area contributed by atoms with Gasteiger partial charge in [0.15, 0.2) is 0 Å². The van der Waals surface area contributed by atoms with Crippen molar-refractivity contribution in [3.63, 3.8) is 0 Å². The molecule has 0 spiro atoms. The van der Waals surface area contributed by atoms with Crippen LogP contribution in [0, 0.1) is 6.92 Å². The van der Waals surface area contributed by atoms with E-state index in [0.717, 1.165) is 12.8 Å². The third-order valence-corrected chi connectivity index (χ3v) is 15.4. The quantitative estimate of drug-likeness (QED) is 0.135. The number of allylic oxidation sites excluding steroid dienone is 2. The zero-order valence-corrected chi connectivity index (χ0v) is 34.0. The first kappa shape index (κ1) is 33.7. The zero-order chi connectivity index (χ0) is 36.5. The highest BCUT2D eigenvalue weighted by molar-refractivity contribution is 7.23. The van der Waals surface area contributed by atoms with Crippen LogP contribution in [0.2, 0.25) is 0 Å². The molecule has 0 aliphatic heterocycles. The maximum absolute atomic E-state index is 2.50. The fourth-order valence-corrected chi connectivity index (χ4v) is 12.7. The molecule has 0 fully saturated rings. The third kappa shape index (κ3) is 5.42. The Bertz CT molecular complexity index is 2940. The summed E-state index contributed by atoms with van der Waals surface area (Å²) in [7, 11) is 0. The van der Waals surface area contributed by atoms with Crippen LogP contribution in [0.15, 0.2) is 121 Å². The molecule has 0 aliphatic carbocycles. The third-order valence-electron chi connectivity index (χ3n) is 10.8. The van der Waals surface area contributed by atoms with Crippen LogP contribution < -0.4 is 0 Å². The fraction of sp³-hybridized carbons (Fsp3) is 0.120. The molecule has 54 heavy (non-hydrogen) atoms. The van der Waals surface area contributed by atoms with Gasteiger partial charge in [-0.15, -0.1) is 45.3 Å². The lowest BCUT2D eigenvalue weighted by Gasteiger charge is -2.20. The Labute approximate surface area is 332 Å². The minimum absolute atomic E-state index is 1.02. The highest BCUT2D eigenvalue weighted by Crippen LogP contribution is 2.52. The Kier molecular flexibility index (Phi) is 8.41. The molecule has 0 unspecified atom stereocenters. The second-order valence-electron chi connectivity index (χ2n) is 14.1. The summed E-state index contributed by atoms with van der Waals surface area (Å²) in [5, 5.41) is 10.7. The van der Waals surface area contributed by atoms with Crippen LogP contribution in [0.25, 0.3) is 106 Å². The Morgan fingerprint density at radius 1 is 0.519 bits per heavy atom. The molecule has 10 aromatic rings. The molecule has 6 aromatic carbocycles. The van der Waals surface area contributed by atoms with E-state index in [9.17, 15) is 0 Å². The predicted molar refractivity (Wildman–Crippen MR) is 247 cm³/mol. The van der Waals surface area contributed by atoms with Gasteiger partial charge in [0.2, 0.25) is 0 Å². The number of hydrogen-bond donors (Lipinski definition) is 0. The van der Waals surface area contributed by atoms with E-state index in [1.807, 2.05) is 45.3 Å². The molecule has 0 radical (unpaired) electrons. The average molecular weight is 767 g/mol. The van der Waals surface area contributed by atoms with Crippen LogP contribution in [0.3, 0.4) is 0 Å². The van der Waals surface area contributed by atoms with Gasteiger partial charge < -0.3 is 0 Å². The average Bonchev–Trinajstić information content (AvgIpc) is 4.00. The van der Waals surface area contributed by atoms with Crippen molar-refractivity contribution in [2.45, 2.75) is 40.5 Å². The molecule has 0 N–H and O–H groups in total. The number of benzene rings is 6. The van der Waals surface area contributed by atoms with Crippen LogP contribution in [0.5, 0.6) is 0 Å². The molecule has 4 heterocycles. The molecule has 4 aromatic heterocycles. The second kappa shape index (κ2) is 13.5. The Morgan fingerprint density at radius 3 is 1.50 bits per heavy atom. The van der Waals surface area contributed by atoms with Gasteiger partial charge in [0.1, 0.15) is 0 Å². The summed E-state index contributed by atoms with van der Waals surface area (Å²) in [6, 6.07) is 42.0. The molecule has 0 nitrogen and oxygen atoms in total. The van der Waals surface area contributed by atoms with E-state index in [1.165, 1.54) is 115 Å². The van der Waals surface area contributed by atoms with Crippen molar-refractivity contribution in [1.82, 2.24) is 0 Å². The first-order valence-corrected chi connectivity index (χ1v) is 22.1. The molecule has 0 saturated heterocycles. The van der Waals surface area contributed by atoms with Crippen molar-refractivity contribution in [3.8, 4) is 41.8 Å². The number of hydrogen-bond acceptors (Lipinski definition) is 4. The molecular formula is C50H38S4. The summed E-state index contributed by atoms with van der Waals surface area (Å²) < 4.78 is 2.65. The van der Waals surface area contributed by atoms with Gasteiger partial charge in [0.25, 0.3) is 0 Å². The fourth-order valence-electron chi connectivity index (χ4n) is 8.22. The van der Waals surface area contributed by atoms with E-state index in [1.54, 1.807) is 0 Å². The SMILES string of the molecule is C/C=C\c1sc(-c2cc(-c3cc(/C=C\CC)c(C)s3)c3ccc4c(-c5cc6ccccc6s5)cc(-c5cc6ccccc6s5)c5ccc2c3c45)cc1CC. The van der Waals surface area contributed by atoms with E-state index in [2.05, 4.69) is 161 Å². The van der Waals surface area contributed by atoms with Gasteiger partial charge in [0.05, 0.1) is 0 Å². The van der Waals surface area contributed by atoms with E-state index in [4.69, 9.17) is 0 Å². The summed E-state index contributed by atoms with van der Waals surface area (Å²) >= 11 is 7.66. The van der Waals surface area contributed by atoms with Crippen molar-refractivity contribution < 1.29 is 0 Å². The molecule has 0 saturated carbocycles. The predicted octanol–water partition coefficient (Wildman–Crippen LogP) is 17.1. The van der Waals surface area contributed by atoms with Crippen molar-refractivity contribution in [3.05, 3.63) is 142 Å². The van der Waals surface area contributed by atoms with Crippen molar-refractivity contribution in [2.24, 2.45) is 0 Å². The number of aryl methyl sites for hydroxylation is 2. The largest absolute Gasteiger partial charge is 0.140 e. The van der Waals surface area contributed by atoms with Crippen LogP contribution in [-0.4, -0.2) is 0 Å². The maximum Gasteiger partial charge on any atom is 0.0361 e. The van der Waals surface area contributed by atoms with Gasteiger partial charge in [-0.25, -0.2) is 0 Å². The van der Waals surface area contributed by atoms with E-state index < -0.39 is 0 Å². The first-order chi connectivity index (χ1) is 26.5.